The standard InChI is InChI=1S/C11H10Cl2N2O2/c1-6-11(17)15(5-9(16)14-6)10-7(12)3-2-4-8(10)13/h2-4,6H,5H2,1H3,(H,14,16). The third-order valence-electron chi connectivity index (χ3n) is 2.52. The van der Waals surface area contributed by atoms with Crippen LogP contribution in [0.4, 0.5) is 5.69 Å². The van der Waals surface area contributed by atoms with Crippen molar-refractivity contribution in [1.29, 1.82) is 0 Å². The van der Waals surface area contributed by atoms with Gasteiger partial charge >= 0.3 is 0 Å². The lowest BCUT2D eigenvalue weighted by atomic mass is 10.2. The molecule has 4 nitrogen and oxygen atoms in total. The van der Waals surface area contributed by atoms with E-state index in [1.165, 1.54) is 4.90 Å². The molecule has 17 heavy (non-hydrogen) atoms. The third-order valence-corrected chi connectivity index (χ3v) is 3.13. The molecule has 1 aliphatic heterocycles. The maximum atomic E-state index is 12.0. The summed E-state index contributed by atoms with van der Waals surface area (Å²) >= 11 is 12.0. The summed E-state index contributed by atoms with van der Waals surface area (Å²) in [5.74, 6) is -0.451. The molecule has 1 aromatic rings. The van der Waals surface area contributed by atoms with Gasteiger partial charge in [0, 0.05) is 0 Å². The average Bonchev–Trinajstić information content (AvgIpc) is 2.24. The van der Waals surface area contributed by atoms with E-state index >= 15 is 0 Å². The van der Waals surface area contributed by atoms with Crippen LogP contribution in [0.5, 0.6) is 0 Å². The molecule has 1 heterocycles. The molecule has 0 spiro atoms. The molecule has 90 valence electrons. The highest BCUT2D eigenvalue weighted by atomic mass is 35.5. The summed E-state index contributed by atoms with van der Waals surface area (Å²) in [7, 11) is 0. The fourth-order valence-electron chi connectivity index (χ4n) is 1.74. The second-order valence-electron chi connectivity index (χ2n) is 3.78. The Labute approximate surface area is 108 Å². The number of amides is 2. The Balaban J connectivity index is 2.45. The summed E-state index contributed by atoms with van der Waals surface area (Å²) in [4.78, 5) is 24.7. The van der Waals surface area contributed by atoms with Crippen molar-refractivity contribution in [3.8, 4) is 0 Å². The van der Waals surface area contributed by atoms with Crippen LogP contribution in [0, 0.1) is 0 Å². The van der Waals surface area contributed by atoms with Crippen molar-refractivity contribution in [3.63, 3.8) is 0 Å². The predicted octanol–water partition coefficient (Wildman–Crippen LogP) is 1.84. The van der Waals surface area contributed by atoms with Gasteiger partial charge in [0.1, 0.15) is 12.6 Å². The summed E-state index contributed by atoms with van der Waals surface area (Å²) in [6.07, 6.45) is 0. The largest absolute Gasteiger partial charge is 0.343 e. The van der Waals surface area contributed by atoms with Gasteiger partial charge in [-0.3, -0.25) is 14.5 Å². The molecule has 2 amide bonds. The zero-order valence-corrected chi connectivity index (χ0v) is 10.5. The molecule has 0 aliphatic carbocycles. The number of nitrogens with zero attached hydrogens (tertiary/aromatic N) is 1. The molecular formula is C11H10Cl2N2O2. The van der Waals surface area contributed by atoms with E-state index in [9.17, 15) is 9.59 Å². The summed E-state index contributed by atoms with van der Waals surface area (Å²) in [6, 6.07) is 4.38. The fraction of sp³-hybridized carbons (Fsp3) is 0.273. The second-order valence-corrected chi connectivity index (χ2v) is 4.60. The van der Waals surface area contributed by atoms with Gasteiger partial charge in [0.05, 0.1) is 15.7 Å². The first-order valence-electron chi connectivity index (χ1n) is 5.05. The maximum absolute atomic E-state index is 12.0. The first-order valence-corrected chi connectivity index (χ1v) is 5.81. The number of carbonyl (C=O) groups is 2. The van der Waals surface area contributed by atoms with Crippen molar-refractivity contribution >= 4 is 40.7 Å². The van der Waals surface area contributed by atoms with Gasteiger partial charge in [-0.2, -0.15) is 0 Å². The smallest absolute Gasteiger partial charge is 0.249 e. The van der Waals surface area contributed by atoms with Crippen LogP contribution in [-0.4, -0.2) is 24.4 Å². The normalized spacial score (nSPS) is 20.4. The van der Waals surface area contributed by atoms with Crippen molar-refractivity contribution in [3.05, 3.63) is 28.2 Å². The van der Waals surface area contributed by atoms with E-state index in [4.69, 9.17) is 23.2 Å². The second kappa shape index (κ2) is 4.55. The Bertz CT molecular complexity index is 470. The van der Waals surface area contributed by atoms with Gasteiger partial charge in [-0.15, -0.1) is 0 Å². The van der Waals surface area contributed by atoms with E-state index < -0.39 is 6.04 Å². The number of benzene rings is 1. The molecule has 1 N–H and O–H groups in total. The summed E-state index contributed by atoms with van der Waals surface area (Å²) in [5, 5.41) is 3.26. The number of carbonyl (C=O) groups excluding carboxylic acids is 2. The van der Waals surface area contributed by atoms with Gasteiger partial charge in [0.25, 0.3) is 0 Å². The highest BCUT2D eigenvalue weighted by Gasteiger charge is 2.32. The number of hydrogen-bond donors (Lipinski definition) is 1. The lowest BCUT2D eigenvalue weighted by Crippen LogP contribution is -2.57. The Morgan fingerprint density at radius 3 is 2.47 bits per heavy atom. The van der Waals surface area contributed by atoms with Gasteiger partial charge in [-0.1, -0.05) is 29.3 Å². The Hall–Kier alpha value is -1.26. The number of rotatable bonds is 1. The van der Waals surface area contributed by atoms with Crippen molar-refractivity contribution in [1.82, 2.24) is 5.32 Å². The summed E-state index contributed by atoms with van der Waals surface area (Å²) in [5.41, 5.74) is 0.391. The van der Waals surface area contributed by atoms with Gasteiger partial charge in [-0.25, -0.2) is 0 Å². The lowest BCUT2D eigenvalue weighted by Gasteiger charge is -2.31. The average molecular weight is 273 g/mol. The van der Waals surface area contributed by atoms with Crippen LogP contribution in [0.25, 0.3) is 0 Å². The van der Waals surface area contributed by atoms with Crippen molar-refractivity contribution in [2.75, 3.05) is 11.4 Å². The number of nitrogens with one attached hydrogen (secondary N) is 1. The molecular weight excluding hydrogens is 263 g/mol. The lowest BCUT2D eigenvalue weighted by molar-refractivity contribution is -0.130. The molecule has 1 atom stereocenters. The van der Waals surface area contributed by atoms with Gasteiger partial charge in [0.2, 0.25) is 11.8 Å². The minimum absolute atomic E-state index is 0.0629. The molecule has 0 radical (unpaired) electrons. The van der Waals surface area contributed by atoms with E-state index in [1.807, 2.05) is 0 Å². The van der Waals surface area contributed by atoms with Crippen LogP contribution in [0.2, 0.25) is 10.0 Å². The number of hydrogen-bond acceptors (Lipinski definition) is 2. The summed E-state index contributed by atoms with van der Waals surface area (Å²) < 4.78 is 0. The minimum Gasteiger partial charge on any atom is -0.343 e. The van der Waals surface area contributed by atoms with Crippen molar-refractivity contribution in [2.45, 2.75) is 13.0 Å². The molecule has 1 aliphatic rings. The molecule has 0 aromatic heterocycles. The topological polar surface area (TPSA) is 49.4 Å². The van der Waals surface area contributed by atoms with Crippen LogP contribution in [0.1, 0.15) is 6.92 Å². The molecule has 6 heteroatoms. The molecule has 1 saturated heterocycles. The number of anilines is 1. The van der Waals surface area contributed by atoms with Gasteiger partial charge in [0.15, 0.2) is 0 Å². The number of para-hydroxylation sites is 1. The van der Waals surface area contributed by atoms with E-state index in [2.05, 4.69) is 5.32 Å². The van der Waals surface area contributed by atoms with Crippen molar-refractivity contribution in [2.24, 2.45) is 0 Å². The quantitative estimate of drug-likeness (QED) is 0.848. The van der Waals surface area contributed by atoms with E-state index in [0.29, 0.717) is 15.7 Å². The third kappa shape index (κ3) is 2.23. The van der Waals surface area contributed by atoms with E-state index in [-0.39, 0.29) is 18.4 Å². The highest BCUT2D eigenvalue weighted by molar-refractivity contribution is 6.40. The minimum atomic E-state index is -0.566. The van der Waals surface area contributed by atoms with Gasteiger partial charge in [-0.05, 0) is 19.1 Å². The molecule has 2 rings (SSSR count). The molecule has 1 fully saturated rings. The Kier molecular flexibility index (Phi) is 3.26. The van der Waals surface area contributed by atoms with E-state index in [1.54, 1.807) is 25.1 Å². The van der Waals surface area contributed by atoms with Crippen LogP contribution < -0.4 is 10.2 Å². The maximum Gasteiger partial charge on any atom is 0.249 e. The van der Waals surface area contributed by atoms with Crippen LogP contribution in [0.15, 0.2) is 18.2 Å². The van der Waals surface area contributed by atoms with E-state index in [0.717, 1.165) is 0 Å². The Morgan fingerprint density at radius 2 is 1.88 bits per heavy atom. The molecule has 0 bridgehead atoms. The fourth-order valence-corrected chi connectivity index (χ4v) is 2.34. The molecule has 0 saturated carbocycles. The first-order chi connectivity index (χ1) is 8.00. The zero-order valence-electron chi connectivity index (χ0n) is 9.04. The molecule has 1 aromatic carbocycles. The van der Waals surface area contributed by atoms with Crippen LogP contribution in [0.3, 0.4) is 0 Å². The SMILES string of the molecule is CC1NC(=O)CN(c2c(Cl)cccc2Cl)C1=O. The monoisotopic (exact) mass is 272 g/mol. The Morgan fingerprint density at radius 1 is 1.29 bits per heavy atom. The predicted molar refractivity (Wildman–Crippen MR) is 66.4 cm³/mol. The number of halogens is 2. The number of piperazine rings is 1. The molecule has 1 unspecified atom stereocenters. The van der Waals surface area contributed by atoms with Gasteiger partial charge < -0.3 is 5.32 Å². The van der Waals surface area contributed by atoms with Crippen molar-refractivity contribution < 1.29 is 9.59 Å². The van der Waals surface area contributed by atoms with Crippen LogP contribution in [-0.2, 0) is 9.59 Å². The highest BCUT2D eigenvalue weighted by Crippen LogP contribution is 2.34. The zero-order chi connectivity index (χ0) is 12.6. The first kappa shape index (κ1) is 12.2. The van der Waals surface area contributed by atoms with Crippen LogP contribution >= 0.6 is 23.2 Å². The summed E-state index contributed by atoms with van der Waals surface area (Å²) in [6.45, 7) is 1.56.